The molecule has 0 aliphatic heterocycles. The zero-order valence-corrected chi connectivity index (χ0v) is 10.7. The number of allylic oxidation sites excluding steroid dienone is 2. The second-order valence-corrected chi connectivity index (χ2v) is 4.53. The molecule has 0 N–H and O–H groups in total. The Hall–Kier alpha value is -0.690. The van der Waals surface area contributed by atoms with E-state index in [2.05, 4.69) is 50.4 Å². The topological polar surface area (TPSA) is 0 Å². The van der Waals surface area contributed by atoms with E-state index in [0.717, 1.165) is 0 Å². The van der Waals surface area contributed by atoms with Crippen molar-refractivity contribution < 1.29 is 0 Å². The summed E-state index contributed by atoms with van der Waals surface area (Å²) in [6.45, 7) is 4.37. The second kappa shape index (κ2) is 6.73. The third-order valence-corrected chi connectivity index (χ3v) is 3.35. The minimum Gasteiger partial charge on any atom is -0.130 e. The van der Waals surface area contributed by atoms with E-state index in [-0.39, 0.29) is 0 Å². The molecular weight excluding hydrogens is 200 g/mol. The van der Waals surface area contributed by atoms with Crippen LogP contribution in [0, 0.1) is 0 Å². The van der Waals surface area contributed by atoms with Crippen LogP contribution in [0.15, 0.2) is 35.2 Å². The van der Waals surface area contributed by atoms with Crippen molar-refractivity contribution in [1.29, 1.82) is 0 Å². The van der Waals surface area contributed by atoms with Crippen molar-refractivity contribution in [3.63, 3.8) is 0 Å². The summed E-state index contributed by atoms with van der Waals surface area (Å²) in [6, 6.07) is 8.87. The quantitative estimate of drug-likeness (QED) is 0.629. The standard InChI is InChI=1S/C14H20S/c1-4-6-7-12(5-2)13-8-10-14(15-3)11-9-13/h5,8-11H,4,6-7H2,1-3H3/b12-5+. The van der Waals surface area contributed by atoms with E-state index in [4.69, 9.17) is 0 Å². The zero-order chi connectivity index (χ0) is 11.1. The molecule has 1 heteroatoms. The first kappa shape index (κ1) is 12.4. The lowest BCUT2D eigenvalue weighted by Crippen LogP contribution is -1.85. The van der Waals surface area contributed by atoms with E-state index < -0.39 is 0 Å². The van der Waals surface area contributed by atoms with Gasteiger partial charge in [0.25, 0.3) is 0 Å². The van der Waals surface area contributed by atoms with Crippen LogP contribution in [0.25, 0.3) is 5.57 Å². The first-order valence-electron chi connectivity index (χ1n) is 5.61. The lowest BCUT2D eigenvalue weighted by molar-refractivity contribution is 0.823. The van der Waals surface area contributed by atoms with Crippen LogP contribution in [0.2, 0.25) is 0 Å². The Morgan fingerprint density at radius 1 is 1.27 bits per heavy atom. The van der Waals surface area contributed by atoms with Crippen molar-refractivity contribution in [3.8, 4) is 0 Å². The zero-order valence-electron chi connectivity index (χ0n) is 9.92. The average molecular weight is 220 g/mol. The number of hydrogen-bond acceptors (Lipinski definition) is 1. The Bertz CT molecular complexity index is 309. The predicted molar refractivity (Wildman–Crippen MR) is 71.4 cm³/mol. The van der Waals surface area contributed by atoms with Crippen LogP contribution in [-0.4, -0.2) is 6.26 Å². The molecule has 0 aromatic heterocycles. The molecule has 0 atom stereocenters. The minimum atomic E-state index is 1.20. The maximum atomic E-state index is 2.24. The summed E-state index contributed by atoms with van der Waals surface area (Å²) >= 11 is 1.80. The highest BCUT2D eigenvalue weighted by atomic mass is 32.2. The summed E-state index contributed by atoms with van der Waals surface area (Å²) in [5.74, 6) is 0. The van der Waals surface area contributed by atoms with Crippen LogP contribution in [0.4, 0.5) is 0 Å². The lowest BCUT2D eigenvalue weighted by atomic mass is 10.0. The molecule has 0 aliphatic carbocycles. The third-order valence-electron chi connectivity index (χ3n) is 2.61. The molecule has 0 radical (unpaired) electrons. The molecule has 15 heavy (non-hydrogen) atoms. The molecule has 0 fully saturated rings. The Morgan fingerprint density at radius 3 is 2.40 bits per heavy atom. The molecule has 1 aromatic carbocycles. The molecule has 0 heterocycles. The molecule has 0 saturated carbocycles. The normalized spacial score (nSPS) is 11.8. The Balaban J connectivity index is 2.75. The van der Waals surface area contributed by atoms with E-state index in [9.17, 15) is 0 Å². The highest BCUT2D eigenvalue weighted by Crippen LogP contribution is 2.23. The first-order valence-corrected chi connectivity index (χ1v) is 6.84. The van der Waals surface area contributed by atoms with Gasteiger partial charge in [0.05, 0.1) is 0 Å². The summed E-state index contributed by atoms with van der Waals surface area (Å²) in [5, 5.41) is 0. The number of unbranched alkanes of at least 4 members (excludes halogenated alkanes) is 1. The van der Waals surface area contributed by atoms with Gasteiger partial charge in [-0.2, -0.15) is 0 Å². The fourth-order valence-electron chi connectivity index (χ4n) is 1.63. The summed E-state index contributed by atoms with van der Waals surface area (Å²) in [5.41, 5.74) is 2.85. The van der Waals surface area contributed by atoms with Gasteiger partial charge in [-0.25, -0.2) is 0 Å². The van der Waals surface area contributed by atoms with Gasteiger partial charge in [-0.3, -0.25) is 0 Å². The Morgan fingerprint density at radius 2 is 1.93 bits per heavy atom. The number of rotatable bonds is 5. The second-order valence-electron chi connectivity index (χ2n) is 3.65. The molecule has 0 aliphatic rings. The Labute approximate surface area is 97.8 Å². The van der Waals surface area contributed by atoms with Crippen LogP contribution in [0.1, 0.15) is 38.7 Å². The van der Waals surface area contributed by atoms with Crippen LogP contribution in [0.3, 0.4) is 0 Å². The SMILES string of the molecule is C/C=C(\CCCC)c1ccc(SC)cc1. The largest absolute Gasteiger partial charge is 0.130 e. The van der Waals surface area contributed by atoms with Crippen molar-refractivity contribution in [1.82, 2.24) is 0 Å². The summed E-state index contributed by atoms with van der Waals surface area (Å²) in [7, 11) is 0. The molecule has 1 aromatic rings. The Kier molecular flexibility index (Phi) is 5.56. The van der Waals surface area contributed by atoms with Crippen LogP contribution in [0.5, 0.6) is 0 Å². The highest BCUT2D eigenvalue weighted by molar-refractivity contribution is 7.98. The molecule has 82 valence electrons. The van der Waals surface area contributed by atoms with E-state index in [0.29, 0.717) is 0 Å². The van der Waals surface area contributed by atoms with Gasteiger partial charge >= 0.3 is 0 Å². The van der Waals surface area contributed by atoms with E-state index in [1.165, 1.54) is 35.3 Å². The number of thioether (sulfide) groups is 1. The van der Waals surface area contributed by atoms with Crippen molar-refractivity contribution in [2.24, 2.45) is 0 Å². The molecule has 0 saturated heterocycles. The van der Waals surface area contributed by atoms with Gasteiger partial charge in [0.2, 0.25) is 0 Å². The smallest absolute Gasteiger partial charge is 0.00695 e. The summed E-state index contributed by atoms with van der Waals surface area (Å²) < 4.78 is 0. The van der Waals surface area contributed by atoms with Gasteiger partial charge in [0, 0.05) is 4.90 Å². The van der Waals surface area contributed by atoms with Crippen molar-refractivity contribution in [2.45, 2.75) is 38.0 Å². The first-order chi connectivity index (χ1) is 7.31. The number of hydrogen-bond donors (Lipinski definition) is 0. The van der Waals surface area contributed by atoms with Crippen molar-refractivity contribution in [2.75, 3.05) is 6.26 Å². The fraction of sp³-hybridized carbons (Fsp3) is 0.429. The van der Waals surface area contributed by atoms with Crippen LogP contribution < -0.4 is 0 Å². The molecule has 0 unspecified atom stereocenters. The molecule has 0 nitrogen and oxygen atoms in total. The highest BCUT2D eigenvalue weighted by Gasteiger charge is 1.99. The monoisotopic (exact) mass is 220 g/mol. The van der Waals surface area contributed by atoms with Crippen molar-refractivity contribution >= 4 is 17.3 Å². The summed E-state index contributed by atoms with van der Waals surface area (Å²) in [6.07, 6.45) is 8.10. The van der Waals surface area contributed by atoms with E-state index >= 15 is 0 Å². The molecular formula is C14H20S. The van der Waals surface area contributed by atoms with Gasteiger partial charge < -0.3 is 0 Å². The predicted octanol–water partition coefficient (Wildman–Crippen LogP) is 5.00. The maximum Gasteiger partial charge on any atom is 0.00695 e. The molecule has 0 bridgehead atoms. The average Bonchev–Trinajstić information content (AvgIpc) is 2.31. The third kappa shape index (κ3) is 3.75. The van der Waals surface area contributed by atoms with Gasteiger partial charge in [-0.15, -0.1) is 11.8 Å². The van der Waals surface area contributed by atoms with Crippen LogP contribution >= 0.6 is 11.8 Å². The molecule has 1 rings (SSSR count). The minimum absolute atomic E-state index is 1.20. The van der Waals surface area contributed by atoms with E-state index in [1.54, 1.807) is 11.8 Å². The van der Waals surface area contributed by atoms with Gasteiger partial charge in [-0.05, 0) is 49.3 Å². The lowest BCUT2D eigenvalue weighted by Gasteiger charge is -2.07. The van der Waals surface area contributed by atoms with Crippen LogP contribution in [-0.2, 0) is 0 Å². The van der Waals surface area contributed by atoms with Gasteiger partial charge in [0.1, 0.15) is 0 Å². The number of benzene rings is 1. The fourth-order valence-corrected chi connectivity index (χ4v) is 2.04. The molecule has 0 amide bonds. The summed E-state index contributed by atoms with van der Waals surface area (Å²) in [4.78, 5) is 1.34. The van der Waals surface area contributed by atoms with Gasteiger partial charge in [-0.1, -0.05) is 31.6 Å². The van der Waals surface area contributed by atoms with Crippen molar-refractivity contribution in [3.05, 3.63) is 35.9 Å². The maximum absolute atomic E-state index is 2.24. The van der Waals surface area contributed by atoms with E-state index in [1.807, 2.05) is 0 Å². The van der Waals surface area contributed by atoms with Gasteiger partial charge in [0.15, 0.2) is 0 Å². The molecule has 0 spiro atoms.